The number of rotatable bonds is 4. The minimum absolute atomic E-state index is 0.0787. The van der Waals surface area contributed by atoms with Gasteiger partial charge in [-0.3, -0.25) is 4.79 Å². The van der Waals surface area contributed by atoms with E-state index in [9.17, 15) is 4.79 Å². The molecule has 3 nitrogen and oxygen atoms in total. The molecule has 0 aromatic heterocycles. The highest BCUT2D eigenvalue weighted by Crippen LogP contribution is 2.41. The summed E-state index contributed by atoms with van der Waals surface area (Å²) < 4.78 is 5.49. The van der Waals surface area contributed by atoms with Crippen LogP contribution in [0.2, 0.25) is 0 Å². The van der Waals surface area contributed by atoms with Crippen LogP contribution >= 0.6 is 0 Å². The Morgan fingerprint density at radius 2 is 1.84 bits per heavy atom. The number of nitrogens with one attached hydrogen (secondary N) is 1. The number of aryl methyl sites for hydroxylation is 2. The van der Waals surface area contributed by atoms with E-state index >= 15 is 0 Å². The summed E-state index contributed by atoms with van der Waals surface area (Å²) in [4.78, 5) is 12.7. The van der Waals surface area contributed by atoms with Crippen LogP contribution < -0.4 is 10.1 Å². The van der Waals surface area contributed by atoms with E-state index in [0.29, 0.717) is 11.8 Å². The number of amides is 1. The fourth-order valence-corrected chi connectivity index (χ4v) is 4.15. The van der Waals surface area contributed by atoms with Gasteiger partial charge in [0.15, 0.2) is 0 Å². The maximum atomic E-state index is 12.7. The first-order chi connectivity index (χ1) is 11.5. The Kier molecular flexibility index (Phi) is 5.86. The molecule has 0 radical (unpaired) electrons. The van der Waals surface area contributed by atoms with Crippen LogP contribution in [0.1, 0.15) is 70.1 Å². The van der Waals surface area contributed by atoms with Gasteiger partial charge in [0.1, 0.15) is 5.75 Å². The van der Waals surface area contributed by atoms with Gasteiger partial charge in [0.05, 0.1) is 13.5 Å². The zero-order chi connectivity index (χ0) is 18.8. The first kappa shape index (κ1) is 19.8. The largest absolute Gasteiger partial charge is 0.496 e. The molecule has 1 aliphatic rings. The number of ether oxygens (including phenoxy) is 1. The van der Waals surface area contributed by atoms with Crippen LogP contribution in [-0.4, -0.2) is 18.6 Å². The normalized spacial score (nSPS) is 24.0. The van der Waals surface area contributed by atoms with Gasteiger partial charge in [-0.25, -0.2) is 0 Å². The molecule has 1 saturated carbocycles. The SMILES string of the molecule is COc1cc(C)cc(C)c1CC(=O)NC1(C)CCC(C(C)(C)C)CC1. The molecule has 1 N–H and O–H groups in total. The lowest BCUT2D eigenvalue weighted by Crippen LogP contribution is -2.49. The lowest BCUT2D eigenvalue weighted by molar-refractivity contribution is -0.122. The van der Waals surface area contributed by atoms with E-state index in [0.717, 1.165) is 41.2 Å². The molecule has 1 fully saturated rings. The molecule has 1 amide bonds. The molecule has 0 bridgehead atoms. The average molecular weight is 346 g/mol. The third kappa shape index (κ3) is 4.99. The summed E-state index contributed by atoms with van der Waals surface area (Å²) in [5.74, 6) is 1.66. The molecule has 1 aliphatic carbocycles. The van der Waals surface area contributed by atoms with Crippen LogP contribution in [0.15, 0.2) is 12.1 Å². The Morgan fingerprint density at radius 3 is 2.36 bits per heavy atom. The zero-order valence-electron chi connectivity index (χ0n) is 17.1. The van der Waals surface area contributed by atoms with Gasteiger partial charge in [0.2, 0.25) is 5.91 Å². The van der Waals surface area contributed by atoms with Crippen molar-refractivity contribution in [3.8, 4) is 5.75 Å². The summed E-state index contributed by atoms with van der Waals surface area (Å²) in [7, 11) is 1.67. The standard InChI is InChI=1S/C22H35NO2/c1-15-12-16(2)18(19(13-15)25-7)14-20(24)23-22(6)10-8-17(9-11-22)21(3,4)5/h12-13,17H,8-11,14H2,1-7H3,(H,23,24). The highest BCUT2D eigenvalue weighted by atomic mass is 16.5. The van der Waals surface area contributed by atoms with Crippen LogP contribution in [0, 0.1) is 25.2 Å². The Hall–Kier alpha value is -1.51. The number of hydrogen-bond acceptors (Lipinski definition) is 2. The minimum Gasteiger partial charge on any atom is -0.496 e. The summed E-state index contributed by atoms with van der Waals surface area (Å²) in [5.41, 5.74) is 3.56. The van der Waals surface area contributed by atoms with Crippen LogP contribution in [0.4, 0.5) is 0 Å². The molecule has 0 spiro atoms. The van der Waals surface area contributed by atoms with Crippen molar-refractivity contribution in [1.29, 1.82) is 0 Å². The van der Waals surface area contributed by atoms with E-state index in [-0.39, 0.29) is 11.4 Å². The molecule has 25 heavy (non-hydrogen) atoms. The molecule has 0 heterocycles. The second-order valence-electron chi connectivity index (χ2n) is 9.19. The molecule has 0 atom stereocenters. The van der Waals surface area contributed by atoms with Gasteiger partial charge < -0.3 is 10.1 Å². The Morgan fingerprint density at radius 1 is 1.24 bits per heavy atom. The average Bonchev–Trinajstić information content (AvgIpc) is 2.48. The van der Waals surface area contributed by atoms with Crippen LogP contribution in [-0.2, 0) is 11.2 Å². The third-order valence-corrected chi connectivity index (χ3v) is 5.89. The lowest BCUT2D eigenvalue weighted by atomic mass is 9.68. The van der Waals surface area contributed by atoms with Crippen molar-refractivity contribution in [2.75, 3.05) is 7.11 Å². The molecular formula is C22H35NO2. The smallest absolute Gasteiger partial charge is 0.224 e. The number of hydrogen-bond donors (Lipinski definition) is 1. The van der Waals surface area contributed by atoms with Gasteiger partial charge in [0.25, 0.3) is 0 Å². The highest BCUT2D eigenvalue weighted by Gasteiger charge is 2.36. The number of carbonyl (C=O) groups excluding carboxylic acids is 1. The second kappa shape index (κ2) is 7.39. The van der Waals surface area contributed by atoms with E-state index in [1.165, 1.54) is 12.8 Å². The summed E-state index contributed by atoms with van der Waals surface area (Å²) in [6.07, 6.45) is 4.88. The Balaban J connectivity index is 2.02. The van der Waals surface area contributed by atoms with E-state index < -0.39 is 0 Å². The second-order valence-corrected chi connectivity index (χ2v) is 9.19. The third-order valence-electron chi connectivity index (χ3n) is 5.89. The fourth-order valence-electron chi connectivity index (χ4n) is 4.15. The van der Waals surface area contributed by atoms with E-state index in [4.69, 9.17) is 4.74 Å². The van der Waals surface area contributed by atoms with Gasteiger partial charge in [-0.15, -0.1) is 0 Å². The first-order valence-electron chi connectivity index (χ1n) is 9.49. The van der Waals surface area contributed by atoms with E-state index in [1.54, 1.807) is 7.11 Å². The summed E-state index contributed by atoms with van der Waals surface area (Å²) >= 11 is 0. The van der Waals surface area contributed by atoms with Crippen molar-refractivity contribution in [2.45, 2.75) is 79.2 Å². The van der Waals surface area contributed by atoms with Gasteiger partial charge >= 0.3 is 0 Å². The van der Waals surface area contributed by atoms with Gasteiger partial charge in [-0.05, 0) is 75.0 Å². The Labute approximate surface area is 153 Å². The summed E-state index contributed by atoms with van der Waals surface area (Å²) in [6, 6.07) is 4.12. The highest BCUT2D eigenvalue weighted by molar-refractivity contribution is 5.80. The molecule has 3 heteroatoms. The topological polar surface area (TPSA) is 38.3 Å². The molecule has 140 valence electrons. The predicted molar refractivity (Wildman–Crippen MR) is 104 cm³/mol. The molecule has 0 unspecified atom stereocenters. The Bertz CT molecular complexity index is 620. The van der Waals surface area contributed by atoms with Crippen LogP contribution in [0.5, 0.6) is 5.75 Å². The van der Waals surface area contributed by atoms with Crippen molar-refractivity contribution in [2.24, 2.45) is 11.3 Å². The predicted octanol–water partition coefficient (Wildman–Crippen LogP) is 4.97. The minimum atomic E-state index is -0.0787. The maximum Gasteiger partial charge on any atom is 0.224 e. The number of carbonyl (C=O) groups is 1. The monoisotopic (exact) mass is 345 g/mol. The van der Waals surface area contributed by atoms with E-state index in [2.05, 4.69) is 39.1 Å². The molecule has 2 rings (SSSR count). The molecule has 1 aromatic rings. The van der Waals surface area contributed by atoms with E-state index in [1.807, 2.05) is 19.9 Å². The zero-order valence-corrected chi connectivity index (χ0v) is 17.1. The van der Waals surface area contributed by atoms with Crippen molar-refractivity contribution in [1.82, 2.24) is 5.32 Å². The quantitative estimate of drug-likeness (QED) is 0.837. The fraction of sp³-hybridized carbons (Fsp3) is 0.682. The number of methoxy groups -OCH3 is 1. The molecular weight excluding hydrogens is 310 g/mol. The number of benzene rings is 1. The summed E-state index contributed by atoms with van der Waals surface area (Å²) in [6.45, 7) is 13.3. The summed E-state index contributed by atoms with van der Waals surface area (Å²) in [5, 5.41) is 3.31. The lowest BCUT2D eigenvalue weighted by Gasteiger charge is -2.42. The van der Waals surface area contributed by atoms with Crippen molar-refractivity contribution >= 4 is 5.91 Å². The molecule has 0 saturated heterocycles. The van der Waals surface area contributed by atoms with Crippen molar-refractivity contribution in [3.05, 3.63) is 28.8 Å². The van der Waals surface area contributed by atoms with Crippen molar-refractivity contribution in [3.63, 3.8) is 0 Å². The molecule has 1 aromatic carbocycles. The van der Waals surface area contributed by atoms with Crippen LogP contribution in [0.25, 0.3) is 0 Å². The van der Waals surface area contributed by atoms with Crippen molar-refractivity contribution < 1.29 is 9.53 Å². The van der Waals surface area contributed by atoms with Gasteiger partial charge in [0, 0.05) is 11.1 Å². The maximum absolute atomic E-state index is 12.7. The van der Waals surface area contributed by atoms with Gasteiger partial charge in [-0.1, -0.05) is 26.8 Å². The molecule has 0 aliphatic heterocycles. The van der Waals surface area contributed by atoms with Crippen LogP contribution in [0.3, 0.4) is 0 Å². The first-order valence-corrected chi connectivity index (χ1v) is 9.49. The van der Waals surface area contributed by atoms with Gasteiger partial charge in [-0.2, -0.15) is 0 Å².